The Balaban J connectivity index is 2.03. The Hall–Kier alpha value is -2.08. The van der Waals surface area contributed by atoms with Crippen molar-refractivity contribution in [2.24, 2.45) is 0 Å². The second-order valence-corrected chi connectivity index (χ2v) is 5.01. The molecule has 1 amide bonds. The molecule has 0 aliphatic rings. The van der Waals surface area contributed by atoms with Crippen molar-refractivity contribution in [2.75, 3.05) is 12.4 Å². The standard InChI is InChI=1S/C15H13BrFNO3/c1-20-14-12(16)7-11(17)8-13(14)18-15(19)21-9-10-5-3-2-4-6-10/h2-8H,9H2,1H3,(H,18,19). The van der Waals surface area contributed by atoms with E-state index < -0.39 is 11.9 Å². The van der Waals surface area contributed by atoms with Gasteiger partial charge in [-0.15, -0.1) is 0 Å². The molecule has 110 valence electrons. The van der Waals surface area contributed by atoms with Crippen molar-refractivity contribution in [1.29, 1.82) is 0 Å². The topological polar surface area (TPSA) is 47.6 Å². The smallest absolute Gasteiger partial charge is 0.412 e. The van der Waals surface area contributed by atoms with Crippen molar-refractivity contribution in [3.8, 4) is 5.75 Å². The molecule has 1 N–H and O–H groups in total. The van der Waals surface area contributed by atoms with Crippen LogP contribution >= 0.6 is 15.9 Å². The van der Waals surface area contributed by atoms with Gasteiger partial charge in [0.2, 0.25) is 0 Å². The summed E-state index contributed by atoms with van der Waals surface area (Å²) < 4.78 is 24.0. The number of methoxy groups -OCH3 is 1. The first-order chi connectivity index (χ1) is 10.1. The predicted molar refractivity (Wildman–Crippen MR) is 80.9 cm³/mol. The van der Waals surface area contributed by atoms with Crippen molar-refractivity contribution < 1.29 is 18.7 Å². The van der Waals surface area contributed by atoms with E-state index in [2.05, 4.69) is 21.2 Å². The highest BCUT2D eigenvalue weighted by atomic mass is 79.9. The maximum Gasteiger partial charge on any atom is 0.412 e. The molecule has 0 unspecified atom stereocenters. The number of carbonyl (C=O) groups is 1. The summed E-state index contributed by atoms with van der Waals surface area (Å²) in [5.74, 6) is -0.172. The van der Waals surface area contributed by atoms with Crippen LogP contribution in [0.1, 0.15) is 5.56 Å². The molecule has 0 aromatic heterocycles. The minimum absolute atomic E-state index is 0.130. The van der Waals surface area contributed by atoms with Gasteiger partial charge in [-0.05, 0) is 27.6 Å². The second kappa shape index (κ2) is 7.08. The van der Waals surface area contributed by atoms with Crippen LogP contribution in [-0.2, 0) is 11.3 Å². The van der Waals surface area contributed by atoms with Gasteiger partial charge in [0, 0.05) is 6.07 Å². The van der Waals surface area contributed by atoms with E-state index in [0.29, 0.717) is 10.2 Å². The predicted octanol–water partition coefficient (Wildman–Crippen LogP) is 4.35. The van der Waals surface area contributed by atoms with Gasteiger partial charge in [-0.3, -0.25) is 5.32 Å². The molecule has 0 saturated carbocycles. The number of halogens is 2. The minimum atomic E-state index is -0.686. The number of anilines is 1. The zero-order chi connectivity index (χ0) is 15.2. The molecule has 0 aliphatic carbocycles. The maximum atomic E-state index is 13.4. The molecule has 0 saturated heterocycles. The van der Waals surface area contributed by atoms with E-state index in [4.69, 9.17) is 9.47 Å². The van der Waals surface area contributed by atoms with Crippen molar-refractivity contribution in [3.05, 3.63) is 58.3 Å². The Morgan fingerprint density at radius 2 is 2.00 bits per heavy atom. The zero-order valence-corrected chi connectivity index (χ0v) is 12.8. The Morgan fingerprint density at radius 1 is 1.29 bits per heavy atom. The summed E-state index contributed by atoms with van der Waals surface area (Å²) in [4.78, 5) is 11.7. The van der Waals surface area contributed by atoms with E-state index in [1.165, 1.54) is 13.2 Å². The first kappa shape index (κ1) is 15.3. The van der Waals surface area contributed by atoms with Crippen molar-refractivity contribution in [2.45, 2.75) is 6.61 Å². The van der Waals surface area contributed by atoms with Crippen molar-refractivity contribution >= 4 is 27.7 Å². The maximum absolute atomic E-state index is 13.4. The van der Waals surface area contributed by atoms with Crippen LogP contribution < -0.4 is 10.1 Å². The summed E-state index contributed by atoms with van der Waals surface area (Å²) in [6.45, 7) is 0.130. The largest absolute Gasteiger partial charge is 0.493 e. The Labute approximate surface area is 130 Å². The number of carbonyl (C=O) groups excluding carboxylic acids is 1. The van der Waals surface area contributed by atoms with Crippen LogP contribution in [0.2, 0.25) is 0 Å². The Morgan fingerprint density at radius 3 is 2.67 bits per heavy atom. The highest BCUT2D eigenvalue weighted by molar-refractivity contribution is 9.10. The molecule has 0 spiro atoms. The van der Waals surface area contributed by atoms with Gasteiger partial charge in [0.1, 0.15) is 12.4 Å². The van der Waals surface area contributed by atoms with Crippen molar-refractivity contribution in [3.63, 3.8) is 0 Å². The number of rotatable bonds is 4. The average molecular weight is 354 g/mol. The van der Waals surface area contributed by atoms with Gasteiger partial charge in [-0.1, -0.05) is 30.3 Å². The normalized spacial score (nSPS) is 10.0. The summed E-state index contributed by atoms with van der Waals surface area (Å²) in [6, 6.07) is 11.7. The molecular weight excluding hydrogens is 341 g/mol. The molecule has 2 aromatic carbocycles. The highest BCUT2D eigenvalue weighted by Gasteiger charge is 2.13. The van der Waals surface area contributed by atoms with Crippen LogP contribution in [0.3, 0.4) is 0 Å². The van der Waals surface area contributed by atoms with E-state index in [1.807, 2.05) is 30.3 Å². The van der Waals surface area contributed by atoms with E-state index in [-0.39, 0.29) is 12.3 Å². The number of amides is 1. The summed E-state index contributed by atoms with van der Waals surface area (Å²) >= 11 is 3.17. The monoisotopic (exact) mass is 353 g/mol. The first-order valence-corrected chi connectivity index (χ1v) is 6.90. The van der Waals surface area contributed by atoms with Crippen LogP contribution in [0.4, 0.5) is 14.9 Å². The quantitative estimate of drug-likeness (QED) is 0.888. The van der Waals surface area contributed by atoms with Gasteiger partial charge < -0.3 is 9.47 Å². The van der Waals surface area contributed by atoms with E-state index in [1.54, 1.807) is 0 Å². The molecule has 2 aromatic rings. The number of nitrogens with one attached hydrogen (secondary N) is 1. The molecular formula is C15H13BrFNO3. The lowest BCUT2D eigenvalue weighted by Crippen LogP contribution is -2.14. The van der Waals surface area contributed by atoms with Gasteiger partial charge in [-0.25, -0.2) is 9.18 Å². The fraction of sp³-hybridized carbons (Fsp3) is 0.133. The molecule has 0 bridgehead atoms. The van der Waals surface area contributed by atoms with Crippen LogP contribution in [0.5, 0.6) is 5.75 Å². The Kier molecular flexibility index (Phi) is 5.16. The first-order valence-electron chi connectivity index (χ1n) is 6.11. The van der Waals surface area contributed by atoms with Gasteiger partial charge in [0.05, 0.1) is 17.3 Å². The average Bonchev–Trinajstić information content (AvgIpc) is 2.46. The van der Waals surface area contributed by atoms with Gasteiger partial charge in [-0.2, -0.15) is 0 Å². The minimum Gasteiger partial charge on any atom is -0.493 e. The lowest BCUT2D eigenvalue weighted by atomic mass is 10.2. The second-order valence-electron chi connectivity index (χ2n) is 4.16. The van der Waals surface area contributed by atoms with E-state index in [0.717, 1.165) is 11.6 Å². The lowest BCUT2D eigenvalue weighted by Gasteiger charge is -2.12. The molecule has 0 radical (unpaired) electrons. The van der Waals surface area contributed by atoms with Gasteiger partial charge in [0.25, 0.3) is 0 Å². The summed E-state index contributed by atoms with van der Waals surface area (Å²) in [6.07, 6.45) is -0.686. The third-order valence-corrected chi connectivity index (χ3v) is 3.25. The number of ether oxygens (including phenoxy) is 2. The molecule has 0 aliphatic heterocycles. The fourth-order valence-corrected chi connectivity index (χ4v) is 2.32. The Bertz CT molecular complexity index is 634. The molecule has 4 nitrogen and oxygen atoms in total. The summed E-state index contributed by atoms with van der Waals surface area (Å²) in [5.41, 5.74) is 1.06. The molecule has 0 fully saturated rings. The summed E-state index contributed by atoms with van der Waals surface area (Å²) in [7, 11) is 1.43. The zero-order valence-electron chi connectivity index (χ0n) is 11.2. The number of benzene rings is 2. The molecule has 21 heavy (non-hydrogen) atoms. The van der Waals surface area contributed by atoms with E-state index in [9.17, 15) is 9.18 Å². The van der Waals surface area contributed by atoms with Crippen LogP contribution in [0.15, 0.2) is 46.9 Å². The van der Waals surface area contributed by atoms with Crippen LogP contribution in [-0.4, -0.2) is 13.2 Å². The van der Waals surface area contributed by atoms with Crippen LogP contribution in [0, 0.1) is 5.82 Å². The van der Waals surface area contributed by atoms with Crippen LogP contribution in [0.25, 0.3) is 0 Å². The van der Waals surface area contributed by atoms with Gasteiger partial charge >= 0.3 is 6.09 Å². The summed E-state index contributed by atoms with van der Waals surface area (Å²) in [5, 5.41) is 2.46. The third-order valence-electron chi connectivity index (χ3n) is 2.66. The number of hydrogen-bond acceptors (Lipinski definition) is 3. The fourth-order valence-electron chi connectivity index (χ4n) is 1.73. The molecule has 0 atom stereocenters. The van der Waals surface area contributed by atoms with Gasteiger partial charge in [0.15, 0.2) is 5.75 Å². The lowest BCUT2D eigenvalue weighted by molar-refractivity contribution is 0.155. The number of hydrogen-bond donors (Lipinski definition) is 1. The third kappa shape index (κ3) is 4.19. The molecule has 6 heteroatoms. The van der Waals surface area contributed by atoms with E-state index >= 15 is 0 Å². The SMILES string of the molecule is COc1c(Br)cc(F)cc1NC(=O)OCc1ccccc1. The van der Waals surface area contributed by atoms with Crippen molar-refractivity contribution in [1.82, 2.24) is 0 Å². The highest BCUT2D eigenvalue weighted by Crippen LogP contribution is 2.34. The molecule has 2 rings (SSSR count). The molecule has 0 heterocycles.